The fraction of sp³-hybridized carbons (Fsp3) is 0.824. The number of esters is 1. The van der Waals surface area contributed by atoms with E-state index < -0.39 is 67.4 Å². The van der Waals surface area contributed by atoms with Crippen LogP contribution in [0.25, 0.3) is 0 Å². The molecule has 8 unspecified atom stereocenters. The smallest absolute Gasteiger partial charge is 0.306 e. The number of carbonyl (C=O) groups is 2. The Labute approximate surface area is 484 Å². The summed E-state index contributed by atoms with van der Waals surface area (Å²) in [5.74, 6) is -1.22. The van der Waals surface area contributed by atoms with Gasteiger partial charge in [-0.1, -0.05) is 281 Å². The molecular formula is C68H123NO10. The van der Waals surface area contributed by atoms with Crippen molar-refractivity contribution < 1.29 is 49.3 Å². The molecule has 1 aliphatic rings. The molecule has 0 spiro atoms. The zero-order valence-corrected chi connectivity index (χ0v) is 51.0. The molecule has 1 saturated heterocycles. The highest BCUT2D eigenvalue weighted by atomic mass is 16.7. The van der Waals surface area contributed by atoms with Crippen LogP contribution < -0.4 is 5.32 Å². The highest BCUT2D eigenvalue weighted by Gasteiger charge is 2.47. The Balaban J connectivity index is 2.64. The van der Waals surface area contributed by atoms with Crippen molar-refractivity contribution in [1.82, 2.24) is 5.32 Å². The van der Waals surface area contributed by atoms with Crippen LogP contribution in [0, 0.1) is 0 Å². The number of allylic oxidation sites excluding steroid dienone is 9. The van der Waals surface area contributed by atoms with Gasteiger partial charge in [0.05, 0.1) is 25.4 Å². The van der Waals surface area contributed by atoms with E-state index in [1.54, 1.807) is 6.08 Å². The van der Waals surface area contributed by atoms with Crippen LogP contribution in [0.2, 0.25) is 0 Å². The number of unbranched alkanes of at least 4 members (excludes halogenated alkanes) is 34. The zero-order valence-electron chi connectivity index (χ0n) is 51.0. The van der Waals surface area contributed by atoms with Crippen LogP contribution in [-0.4, -0.2) is 99.6 Å². The molecule has 6 N–H and O–H groups in total. The van der Waals surface area contributed by atoms with Gasteiger partial charge in [0.2, 0.25) is 5.91 Å². The van der Waals surface area contributed by atoms with Crippen molar-refractivity contribution in [3.05, 3.63) is 60.8 Å². The van der Waals surface area contributed by atoms with Crippen LogP contribution in [0.15, 0.2) is 60.8 Å². The van der Waals surface area contributed by atoms with Crippen LogP contribution in [0.3, 0.4) is 0 Å². The van der Waals surface area contributed by atoms with Crippen molar-refractivity contribution in [3.8, 4) is 0 Å². The van der Waals surface area contributed by atoms with Gasteiger partial charge in [0.1, 0.15) is 24.4 Å². The highest BCUT2D eigenvalue weighted by molar-refractivity contribution is 5.80. The van der Waals surface area contributed by atoms with Gasteiger partial charge in [-0.2, -0.15) is 0 Å². The van der Waals surface area contributed by atoms with E-state index in [1.807, 2.05) is 6.08 Å². The summed E-state index contributed by atoms with van der Waals surface area (Å²) in [6.07, 6.45) is 59.8. The average molecular weight is 1110 g/mol. The number of aliphatic hydroxyl groups excluding tert-OH is 5. The lowest BCUT2D eigenvalue weighted by molar-refractivity contribution is -0.305. The molecule has 1 amide bonds. The molecule has 79 heavy (non-hydrogen) atoms. The second-order valence-electron chi connectivity index (χ2n) is 22.9. The summed E-state index contributed by atoms with van der Waals surface area (Å²) in [5.41, 5.74) is 0. The van der Waals surface area contributed by atoms with Crippen LogP contribution in [0.4, 0.5) is 0 Å². The lowest BCUT2D eigenvalue weighted by Gasteiger charge is -2.41. The number of amides is 1. The van der Waals surface area contributed by atoms with Crippen molar-refractivity contribution >= 4 is 11.9 Å². The Kier molecular flexibility index (Phi) is 52.6. The average Bonchev–Trinajstić information content (AvgIpc) is 3.47. The minimum atomic E-state index is -1.63. The fourth-order valence-electron chi connectivity index (χ4n) is 10.2. The van der Waals surface area contributed by atoms with E-state index in [0.29, 0.717) is 19.3 Å². The molecule has 0 aromatic rings. The van der Waals surface area contributed by atoms with Crippen LogP contribution >= 0.6 is 0 Å². The molecule has 0 radical (unpaired) electrons. The largest absolute Gasteiger partial charge is 0.454 e. The Hall–Kier alpha value is -2.64. The molecule has 0 aromatic heterocycles. The van der Waals surface area contributed by atoms with E-state index in [0.717, 1.165) is 77.0 Å². The summed E-state index contributed by atoms with van der Waals surface area (Å²) in [7, 11) is 0. The number of ether oxygens (including phenoxy) is 3. The van der Waals surface area contributed by atoms with E-state index in [1.165, 1.54) is 173 Å². The minimum Gasteiger partial charge on any atom is -0.454 e. The van der Waals surface area contributed by atoms with E-state index in [9.17, 15) is 35.1 Å². The fourth-order valence-corrected chi connectivity index (χ4v) is 10.2. The van der Waals surface area contributed by atoms with Crippen LogP contribution in [0.5, 0.6) is 0 Å². The summed E-state index contributed by atoms with van der Waals surface area (Å²) >= 11 is 0. The number of carbonyl (C=O) groups excluding carboxylic acids is 2. The van der Waals surface area contributed by atoms with Crippen molar-refractivity contribution in [3.63, 3.8) is 0 Å². The van der Waals surface area contributed by atoms with Crippen LogP contribution in [-0.2, 0) is 23.8 Å². The Morgan fingerprint density at radius 3 is 1.33 bits per heavy atom. The third-order valence-electron chi connectivity index (χ3n) is 15.4. The Morgan fingerprint density at radius 1 is 0.494 bits per heavy atom. The van der Waals surface area contributed by atoms with Crippen molar-refractivity contribution in [2.75, 3.05) is 13.2 Å². The number of hydrogen-bond donors (Lipinski definition) is 6. The Morgan fingerprint density at radius 2 is 0.873 bits per heavy atom. The second kappa shape index (κ2) is 55.9. The van der Waals surface area contributed by atoms with Crippen LogP contribution in [0.1, 0.15) is 297 Å². The van der Waals surface area contributed by atoms with Crippen molar-refractivity contribution in [1.29, 1.82) is 0 Å². The maximum Gasteiger partial charge on any atom is 0.306 e. The number of hydrogen-bond acceptors (Lipinski definition) is 10. The first-order valence-corrected chi connectivity index (χ1v) is 33.1. The zero-order chi connectivity index (χ0) is 57.5. The van der Waals surface area contributed by atoms with Gasteiger partial charge in [-0.05, 0) is 70.6 Å². The lowest BCUT2D eigenvalue weighted by Crippen LogP contribution is -2.61. The topological polar surface area (TPSA) is 175 Å². The minimum absolute atomic E-state index is 0.0860. The monoisotopic (exact) mass is 1110 g/mol. The first-order valence-electron chi connectivity index (χ1n) is 33.1. The normalized spacial score (nSPS) is 19.2. The highest BCUT2D eigenvalue weighted by Crippen LogP contribution is 2.26. The molecule has 11 heteroatoms. The van der Waals surface area contributed by atoms with Gasteiger partial charge in [0, 0.05) is 6.42 Å². The molecule has 1 heterocycles. The lowest BCUT2D eigenvalue weighted by atomic mass is 9.99. The third-order valence-corrected chi connectivity index (χ3v) is 15.4. The molecule has 0 bridgehead atoms. The summed E-state index contributed by atoms with van der Waals surface area (Å²) in [5, 5.41) is 57.0. The molecule has 0 saturated carbocycles. The molecule has 11 nitrogen and oxygen atoms in total. The Bertz CT molecular complexity index is 1510. The first-order chi connectivity index (χ1) is 38.7. The summed E-state index contributed by atoms with van der Waals surface area (Å²) in [4.78, 5) is 26.6. The van der Waals surface area contributed by atoms with Gasteiger partial charge in [0.15, 0.2) is 12.4 Å². The molecule has 1 fully saturated rings. The predicted molar refractivity (Wildman–Crippen MR) is 329 cm³/mol. The SMILES string of the molecule is CCCCC/C=C\C/C=C\C/C=C\C/C=C\CCCCCC(=O)OC1C(OCC(NC(=O)C(O)CCCCCCCCCCCCCCCCCCCCCC)C(O)/C=C/CCCCCCCCCCC)OC(CO)C(O)C1O. The number of rotatable bonds is 56. The molecule has 0 aliphatic carbocycles. The van der Waals surface area contributed by atoms with Gasteiger partial charge < -0.3 is 45.1 Å². The maximum absolute atomic E-state index is 13.4. The molecule has 460 valence electrons. The van der Waals surface area contributed by atoms with E-state index in [4.69, 9.17) is 14.2 Å². The maximum atomic E-state index is 13.4. The van der Waals surface area contributed by atoms with Gasteiger partial charge in [-0.15, -0.1) is 0 Å². The molecular weight excluding hydrogens is 991 g/mol. The van der Waals surface area contributed by atoms with Gasteiger partial charge in [-0.3, -0.25) is 9.59 Å². The second-order valence-corrected chi connectivity index (χ2v) is 22.9. The standard InChI is InChI=1S/C68H123NO10/c1-4-7-10-13-16-19-22-24-26-28-30-32-33-35-37-40-43-46-49-52-55-61(72)67(76)69-59(60(71)54-51-48-45-42-39-21-18-15-12-9-6-3)58-77-68-66(65(75)64(74)62(57-70)78-68)79-63(73)56-53-50-47-44-41-38-36-34-31-29-27-25-23-20-17-14-11-8-5-2/h17,20,25,27,31,34,38,41,51,54,59-62,64-66,68,70-72,74-75H,4-16,18-19,21-24,26,28-30,32-33,35-37,39-40,42-50,52-53,55-58H2,1-3H3,(H,69,76)/b20-17-,27-25-,34-31-,41-38-,54-51+. The summed E-state index contributed by atoms with van der Waals surface area (Å²) in [6, 6.07) is -1.03. The van der Waals surface area contributed by atoms with Crippen molar-refractivity contribution in [2.24, 2.45) is 0 Å². The van der Waals surface area contributed by atoms with Gasteiger partial charge in [-0.25, -0.2) is 0 Å². The van der Waals surface area contributed by atoms with E-state index in [-0.39, 0.29) is 13.0 Å². The number of nitrogens with one attached hydrogen (secondary N) is 1. The number of aliphatic hydroxyl groups is 5. The molecule has 8 atom stereocenters. The van der Waals surface area contributed by atoms with Crippen molar-refractivity contribution in [2.45, 2.75) is 346 Å². The molecule has 1 rings (SSSR count). The quantitative estimate of drug-likeness (QED) is 0.0195. The summed E-state index contributed by atoms with van der Waals surface area (Å²) < 4.78 is 17.6. The van der Waals surface area contributed by atoms with E-state index >= 15 is 0 Å². The summed E-state index contributed by atoms with van der Waals surface area (Å²) in [6.45, 7) is 5.76. The van der Waals surface area contributed by atoms with Gasteiger partial charge in [0.25, 0.3) is 0 Å². The van der Waals surface area contributed by atoms with E-state index in [2.05, 4.69) is 74.7 Å². The predicted octanol–water partition coefficient (Wildman–Crippen LogP) is 16.2. The van der Waals surface area contributed by atoms with Gasteiger partial charge >= 0.3 is 5.97 Å². The first kappa shape index (κ1) is 74.4. The third kappa shape index (κ3) is 43.7. The molecule has 1 aliphatic heterocycles. The molecule has 0 aromatic carbocycles.